The van der Waals surface area contributed by atoms with Gasteiger partial charge in [0, 0.05) is 12.7 Å². The lowest BCUT2D eigenvalue weighted by molar-refractivity contribution is -0.109. The van der Waals surface area contributed by atoms with E-state index in [0.717, 1.165) is 0 Å². The van der Waals surface area contributed by atoms with Gasteiger partial charge in [-0.25, -0.2) is 4.39 Å². The molecule has 1 aromatic rings. The molecule has 0 fully saturated rings. The van der Waals surface area contributed by atoms with Crippen molar-refractivity contribution >= 4 is 23.0 Å². The number of nitriles is 1. The molecular formula is C12H10FNOS. The van der Waals surface area contributed by atoms with E-state index in [1.165, 1.54) is 24.8 Å². The minimum atomic E-state index is -0.524. The van der Waals surface area contributed by atoms with Crippen LogP contribution in [0, 0.1) is 17.1 Å². The van der Waals surface area contributed by atoms with Gasteiger partial charge in [0.25, 0.3) is 0 Å². The maximum atomic E-state index is 13.2. The fourth-order valence-corrected chi connectivity index (χ4v) is 1.57. The molecule has 0 bridgehead atoms. The molecule has 1 aromatic carbocycles. The average Bonchev–Trinajstić information content (AvgIpc) is 2.24. The van der Waals surface area contributed by atoms with Gasteiger partial charge in [0.05, 0.1) is 5.56 Å². The van der Waals surface area contributed by atoms with Crippen LogP contribution in [0.5, 0.6) is 0 Å². The number of rotatable bonds is 3. The Morgan fingerprint density at radius 3 is 3.00 bits per heavy atom. The van der Waals surface area contributed by atoms with Gasteiger partial charge in [-0.3, -0.25) is 4.79 Å². The Balaban J connectivity index is 2.78. The topological polar surface area (TPSA) is 40.9 Å². The zero-order valence-corrected chi connectivity index (χ0v) is 9.55. The van der Waals surface area contributed by atoms with E-state index in [0.29, 0.717) is 11.3 Å². The lowest BCUT2D eigenvalue weighted by Crippen LogP contribution is -1.88. The summed E-state index contributed by atoms with van der Waals surface area (Å²) in [5.41, 5.74) is 0.568. The van der Waals surface area contributed by atoms with E-state index >= 15 is 0 Å². The van der Waals surface area contributed by atoms with Gasteiger partial charge in [0.2, 0.25) is 0 Å². The number of carbonyl (C=O) groups is 1. The lowest BCUT2D eigenvalue weighted by Gasteiger charge is -1.98. The highest BCUT2D eigenvalue weighted by Crippen LogP contribution is 2.14. The smallest absolute Gasteiger partial charge is 0.186 e. The second kappa shape index (κ2) is 6.09. The predicted molar refractivity (Wildman–Crippen MR) is 63.3 cm³/mol. The van der Waals surface area contributed by atoms with Crippen molar-refractivity contribution in [2.45, 2.75) is 6.92 Å². The number of carbonyl (C=O) groups excluding carboxylic acids is 1. The molecule has 0 atom stereocenters. The van der Waals surface area contributed by atoms with Crippen LogP contribution in [0.3, 0.4) is 0 Å². The van der Waals surface area contributed by atoms with Crippen LogP contribution < -0.4 is 0 Å². The summed E-state index contributed by atoms with van der Waals surface area (Å²) in [5, 5.41) is 8.79. The van der Waals surface area contributed by atoms with Crippen molar-refractivity contribution < 1.29 is 9.18 Å². The predicted octanol–water partition coefficient (Wildman–Crippen LogP) is 2.99. The van der Waals surface area contributed by atoms with Crippen LogP contribution in [0.25, 0.3) is 6.08 Å². The number of hydrogen-bond acceptors (Lipinski definition) is 3. The second-order valence-electron chi connectivity index (χ2n) is 3.02. The standard InChI is InChI=1S/C12H10FNOS/c1-9(15)16-7-3-5-10-4-2-6-12(13)11(10)8-14/h2-6H,7H2,1H3. The number of nitrogens with zero attached hydrogens (tertiary/aromatic N) is 1. The minimum absolute atomic E-state index is 0.0319. The molecule has 0 aromatic heterocycles. The molecule has 0 saturated carbocycles. The molecule has 0 radical (unpaired) electrons. The Morgan fingerprint density at radius 1 is 1.62 bits per heavy atom. The van der Waals surface area contributed by atoms with Gasteiger partial charge in [-0.1, -0.05) is 36.0 Å². The summed E-state index contributed by atoms with van der Waals surface area (Å²) < 4.78 is 13.2. The van der Waals surface area contributed by atoms with Crippen molar-refractivity contribution in [2.75, 3.05) is 5.75 Å². The Hall–Kier alpha value is -1.60. The van der Waals surface area contributed by atoms with Gasteiger partial charge >= 0.3 is 0 Å². The Labute approximate surface area is 97.8 Å². The SMILES string of the molecule is CC(=O)SCC=Cc1cccc(F)c1C#N. The second-order valence-corrected chi connectivity index (χ2v) is 4.22. The molecule has 0 unspecified atom stereocenters. The summed E-state index contributed by atoms with van der Waals surface area (Å²) in [5.74, 6) is 0.000326. The van der Waals surface area contributed by atoms with E-state index in [9.17, 15) is 9.18 Å². The van der Waals surface area contributed by atoms with Gasteiger partial charge in [0.1, 0.15) is 11.9 Å². The first-order chi connectivity index (χ1) is 7.65. The van der Waals surface area contributed by atoms with Crippen LogP contribution in [-0.4, -0.2) is 10.9 Å². The number of hydrogen-bond donors (Lipinski definition) is 0. The van der Waals surface area contributed by atoms with Crippen LogP contribution in [0.1, 0.15) is 18.1 Å². The third-order valence-corrected chi connectivity index (χ3v) is 2.60. The van der Waals surface area contributed by atoms with E-state index in [1.807, 2.05) is 6.07 Å². The molecule has 4 heteroatoms. The highest BCUT2D eigenvalue weighted by Gasteiger charge is 2.04. The van der Waals surface area contributed by atoms with E-state index in [4.69, 9.17) is 5.26 Å². The Morgan fingerprint density at radius 2 is 2.38 bits per heavy atom. The van der Waals surface area contributed by atoms with E-state index in [2.05, 4.69) is 0 Å². The zero-order chi connectivity index (χ0) is 12.0. The van der Waals surface area contributed by atoms with Crippen LogP contribution in [0.2, 0.25) is 0 Å². The highest BCUT2D eigenvalue weighted by molar-refractivity contribution is 8.13. The summed E-state index contributed by atoms with van der Waals surface area (Å²) in [4.78, 5) is 10.6. The van der Waals surface area contributed by atoms with Crippen LogP contribution in [-0.2, 0) is 4.79 Å². The molecule has 0 spiro atoms. The molecule has 16 heavy (non-hydrogen) atoms. The third-order valence-electron chi connectivity index (χ3n) is 1.84. The molecule has 0 aliphatic rings. The fourth-order valence-electron chi connectivity index (χ4n) is 1.14. The van der Waals surface area contributed by atoms with Gasteiger partial charge in [-0.2, -0.15) is 5.26 Å². The van der Waals surface area contributed by atoms with E-state index < -0.39 is 5.82 Å². The normalized spacial score (nSPS) is 10.3. The van der Waals surface area contributed by atoms with Crippen molar-refractivity contribution in [1.29, 1.82) is 5.26 Å². The van der Waals surface area contributed by atoms with Crippen molar-refractivity contribution in [3.63, 3.8) is 0 Å². The molecule has 0 aliphatic carbocycles. The monoisotopic (exact) mass is 235 g/mol. The molecule has 1 rings (SSSR count). The van der Waals surface area contributed by atoms with Crippen LogP contribution in [0.4, 0.5) is 4.39 Å². The van der Waals surface area contributed by atoms with Crippen molar-refractivity contribution in [2.24, 2.45) is 0 Å². The first kappa shape index (κ1) is 12.5. The Bertz CT molecular complexity index is 463. The molecule has 2 nitrogen and oxygen atoms in total. The number of benzene rings is 1. The molecule has 0 saturated heterocycles. The summed E-state index contributed by atoms with van der Waals surface area (Å²) in [7, 11) is 0. The quantitative estimate of drug-likeness (QED) is 0.808. The van der Waals surface area contributed by atoms with Gasteiger partial charge in [0.15, 0.2) is 5.12 Å². The van der Waals surface area contributed by atoms with Crippen LogP contribution in [0.15, 0.2) is 24.3 Å². The van der Waals surface area contributed by atoms with Gasteiger partial charge in [-0.05, 0) is 11.6 Å². The summed E-state index contributed by atoms with van der Waals surface area (Å²) in [6.45, 7) is 1.49. The lowest BCUT2D eigenvalue weighted by atomic mass is 10.1. The summed E-state index contributed by atoms with van der Waals surface area (Å²) in [6, 6.07) is 6.28. The molecule has 0 aliphatic heterocycles. The number of halogens is 1. The van der Waals surface area contributed by atoms with Crippen LogP contribution >= 0.6 is 11.8 Å². The fraction of sp³-hybridized carbons (Fsp3) is 0.167. The first-order valence-electron chi connectivity index (χ1n) is 4.63. The van der Waals surface area contributed by atoms with E-state index in [1.54, 1.807) is 24.3 Å². The van der Waals surface area contributed by atoms with Crippen molar-refractivity contribution in [3.05, 3.63) is 41.2 Å². The van der Waals surface area contributed by atoms with E-state index in [-0.39, 0.29) is 10.7 Å². The zero-order valence-electron chi connectivity index (χ0n) is 8.74. The molecule has 0 heterocycles. The molecule has 0 N–H and O–H groups in total. The number of thioether (sulfide) groups is 1. The molecule has 82 valence electrons. The Kier molecular flexibility index (Phi) is 4.74. The largest absolute Gasteiger partial charge is 0.288 e. The van der Waals surface area contributed by atoms with Crippen molar-refractivity contribution in [1.82, 2.24) is 0 Å². The first-order valence-corrected chi connectivity index (χ1v) is 5.62. The molecular weight excluding hydrogens is 225 g/mol. The minimum Gasteiger partial charge on any atom is -0.288 e. The highest BCUT2D eigenvalue weighted by atomic mass is 32.2. The summed E-state index contributed by atoms with van der Waals surface area (Å²) >= 11 is 1.17. The summed E-state index contributed by atoms with van der Waals surface area (Å²) in [6.07, 6.45) is 3.39. The van der Waals surface area contributed by atoms with Gasteiger partial charge < -0.3 is 0 Å². The maximum Gasteiger partial charge on any atom is 0.186 e. The van der Waals surface area contributed by atoms with Crippen molar-refractivity contribution in [3.8, 4) is 6.07 Å². The molecule has 0 amide bonds. The third kappa shape index (κ3) is 3.52. The van der Waals surface area contributed by atoms with Gasteiger partial charge in [-0.15, -0.1) is 0 Å². The average molecular weight is 235 g/mol. The maximum absolute atomic E-state index is 13.2.